The van der Waals surface area contributed by atoms with E-state index in [0.717, 1.165) is 32.0 Å². The van der Waals surface area contributed by atoms with Gasteiger partial charge in [0.2, 0.25) is 0 Å². The third-order valence-corrected chi connectivity index (χ3v) is 7.09. The van der Waals surface area contributed by atoms with Gasteiger partial charge < -0.3 is 15.0 Å². The molecule has 5 rings (SSSR count). The number of fused-ring (bicyclic) bond motifs is 1. The van der Waals surface area contributed by atoms with Crippen molar-refractivity contribution in [1.82, 2.24) is 15.1 Å². The number of likely N-dealkylation sites (tertiary alicyclic amines) is 1. The van der Waals surface area contributed by atoms with Crippen LogP contribution < -0.4 is 5.32 Å². The van der Waals surface area contributed by atoms with Crippen LogP contribution in [-0.4, -0.2) is 59.9 Å². The number of alkyl halides is 2. The summed E-state index contributed by atoms with van der Waals surface area (Å²) in [7, 11) is 0. The zero-order chi connectivity index (χ0) is 23.2. The lowest BCUT2D eigenvalue weighted by Gasteiger charge is -2.34. The minimum absolute atomic E-state index is 0.0419. The van der Waals surface area contributed by atoms with Gasteiger partial charge in [-0.15, -0.1) is 10.2 Å². The van der Waals surface area contributed by atoms with Crippen molar-refractivity contribution in [3.8, 4) is 11.3 Å². The van der Waals surface area contributed by atoms with Gasteiger partial charge in [0.05, 0.1) is 5.69 Å². The van der Waals surface area contributed by atoms with Crippen molar-refractivity contribution in [3.05, 3.63) is 41.7 Å². The number of hydrogen-bond donors (Lipinski definition) is 1. The molecule has 2 saturated heterocycles. The average Bonchev–Trinajstić information content (AvgIpc) is 3.31. The zero-order valence-corrected chi connectivity index (χ0v) is 17.9. The second-order valence-electron chi connectivity index (χ2n) is 9.40. The van der Waals surface area contributed by atoms with Gasteiger partial charge in [0.1, 0.15) is 18.2 Å². The first kappa shape index (κ1) is 22.5. The Morgan fingerprint density at radius 1 is 1.06 bits per heavy atom. The van der Waals surface area contributed by atoms with E-state index >= 15 is 0 Å². The van der Waals surface area contributed by atoms with Crippen LogP contribution >= 0.6 is 0 Å². The number of halogens is 5. The van der Waals surface area contributed by atoms with E-state index in [1.807, 2.05) is 0 Å². The third-order valence-electron chi connectivity index (χ3n) is 7.09. The number of nitrogens with one attached hydrogen (secondary N) is 1. The Hall–Kier alpha value is -2.33. The fraction of sp³-hybridized carbons (Fsp3) is 0.565. The van der Waals surface area contributed by atoms with E-state index in [1.165, 1.54) is 6.07 Å². The highest BCUT2D eigenvalue weighted by molar-refractivity contribution is 5.60. The first-order chi connectivity index (χ1) is 15.8. The van der Waals surface area contributed by atoms with E-state index in [-0.39, 0.29) is 17.3 Å². The molecule has 33 heavy (non-hydrogen) atoms. The second-order valence-corrected chi connectivity index (χ2v) is 9.40. The Balaban J connectivity index is 1.16. The lowest BCUT2D eigenvalue weighted by molar-refractivity contribution is -0.158. The summed E-state index contributed by atoms with van der Waals surface area (Å²) in [6.07, 6.45) is 2.20. The third kappa shape index (κ3) is 4.68. The molecule has 178 valence electrons. The molecule has 2 unspecified atom stereocenters. The van der Waals surface area contributed by atoms with E-state index in [1.54, 1.807) is 6.07 Å². The Morgan fingerprint density at radius 2 is 1.82 bits per heavy atom. The molecule has 1 saturated carbocycles. The van der Waals surface area contributed by atoms with Crippen molar-refractivity contribution in [2.45, 2.75) is 31.2 Å². The van der Waals surface area contributed by atoms with E-state index in [2.05, 4.69) is 20.4 Å². The van der Waals surface area contributed by atoms with E-state index in [9.17, 15) is 22.0 Å². The van der Waals surface area contributed by atoms with Crippen molar-refractivity contribution in [2.75, 3.05) is 38.2 Å². The van der Waals surface area contributed by atoms with Crippen LogP contribution in [-0.2, 0) is 4.74 Å². The molecule has 2 aliphatic heterocycles. The number of aromatic nitrogens is 2. The molecule has 4 atom stereocenters. The summed E-state index contributed by atoms with van der Waals surface area (Å²) in [6, 6.07) is 4.62. The number of hydrogen-bond acceptors (Lipinski definition) is 5. The molecule has 1 aromatic heterocycles. The zero-order valence-electron chi connectivity index (χ0n) is 17.9. The predicted octanol–water partition coefficient (Wildman–Crippen LogP) is 4.36. The SMILES string of the molecule is Fc1cc(F)c(F)c(-c2ccc(NC3C[C@@H]4CN(CC5CCOCC5(F)F)C[C@@H]4C3)nn2)c1. The fourth-order valence-electron chi connectivity index (χ4n) is 5.47. The van der Waals surface area contributed by atoms with Crippen LogP contribution in [0.4, 0.5) is 27.8 Å². The van der Waals surface area contributed by atoms with Gasteiger partial charge >= 0.3 is 0 Å². The van der Waals surface area contributed by atoms with Crippen molar-refractivity contribution in [1.29, 1.82) is 0 Å². The fourth-order valence-corrected chi connectivity index (χ4v) is 5.47. The summed E-state index contributed by atoms with van der Waals surface area (Å²) in [6.45, 7) is 1.95. The van der Waals surface area contributed by atoms with Gasteiger partial charge in [-0.2, -0.15) is 0 Å². The van der Waals surface area contributed by atoms with Crippen molar-refractivity contribution in [2.24, 2.45) is 17.8 Å². The summed E-state index contributed by atoms with van der Waals surface area (Å²) >= 11 is 0. The Bertz CT molecular complexity index is 991. The second kappa shape index (κ2) is 8.79. The smallest absolute Gasteiger partial charge is 0.275 e. The summed E-state index contributed by atoms with van der Waals surface area (Å²) in [5, 5.41) is 11.3. The maximum absolute atomic E-state index is 14.1. The van der Waals surface area contributed by atoms with Gasteiger partial charge in [-0.25, -0.2) is 22.0 Å². The standard InChI is InChI=1S/C23H25F5N4O/c24-16-7-18(22(26)19(25)8-16)20-1-2-21(31-30-20)29-17-5-13-9-32(10-14(13)6-17)11-15-3-4-33-12-23(15,27)28/h1-2,7-8,13-15,17H,3-6,9-12H2,(H,29,31)/t13-,14+,15?,17?. The van der Waals surface area contributed by atoms with Gasteiger partial charge in [0, 0.05) is 49.8 Å². The topological polar surface area (TPSA) is 50.3 Å². The molecule has 2 aromatic rings. The molecule has 0 bridgehead atoms. The highest BCUT2D eigenvalue weighted by Crippen LogP contribution is 2.41. The quantitative estimate of drug-likeness (QED) is 0.522. The summed E-state index contributed by atoms with van der Waals surface area (Å²) < 4.78 is 74.0. The van der Waals surface area contributed by atoms with Gasteiger partial charge in [0.15, 0.2) is 11.6 Å². The number of ether oxygens (including phenoxy) is 1. The Labute approximate surface area is 188 Å². The predicted molar refractivity (Wildman–Crippen MR) is 111 cm³/mol. The molecule has 1 N–H and O–H groups in total. The van der Waals surface area contributed by atoms with Gasteiger partial charge in [-0.05, 0) is 49.3 Å². The van der Waals surface area contributed by atoms with E-state index < -0.39 is 35.9 Å². The molecule has 1 aliphatic carbocycles. The molecule has 10 heteroatoms. The largest absolute Gasteiger partial charge is 0.375 e. The van der Waals surface area contributed by atoms with Crippen molar-refractivity contribution < 1.29 is 26.7 Å². The average molecular weight is 468 g/mol. The summed E-state index contributed by atoms with van der Waals surface area (Å²) in [5.41, 5.74) is -0.238. The summed E-state index contributed by atoms with van der Waals surface area (Å²) in [4.78, 5) is 2.16. The van der Waals surface area contributed by atoms with E-state index in [4.69, 9.17) is 4.74 Å². The van der Waals surface area contributed by atoms with Crippen molar-refractivity contribution in [3.63, 3.8) is 0 Å². The number of benzene rings is 1. The van der Waals surface area contributed by atoms with Crippen LogP contribution in [0.25, 0.3) is 11.3 Å². The molecule has 5 nitrogen and oxygen atoms in total. The lowest BCUT2D eigenvalue weighted by Crippen LogP contribution is -2.45. The molecule has 0 spiro atoms. The van der Waals surface area contributed by atoms with Crippen LogP contribution in [0, 0.1) is 35.2 Å². The van der Waals surface area contributed by atoms with Crippen LogP contribution in [0.5, 0.6) is 0 Å². The molecule has 3 fully saturated rings. The molecule has 0 radical (unpaired) electrons. The van der Waals surface area contributed by atoms with Gasteiger partial charge in [-0.1, -0.05) is 0 Å². The van der Waals surface area contributed by atoms with Crippen LogP contribution in [0.15, 0.2) is 24.3 Å². The molecule has 0 amide bonds. The number of anilines is 1. The lowest BCUT2D eigenvalue weighted by atomic mass is 9.95. The van der Waals surface area contributed by atoms with E-state index in [0.29, 0.717) is 43.3 Å². The Morgan fingerprint density at radius 3 is 2.48 bits per heavy atom. The monoisotopic (exact) mass is 468 g/mol. The minimum Gasteiger partial charge on any atom is -0.375 e. The van der Waals surface area contributed by atoms with Gasteiger partial charge in [-0.3, -0.25) is 0 Å². The molecule has 1 aromatic carbocycles. The highest BCUT2D eigenvalue weighted by atomic mass is 19.3. The Kier molecular flexibility index (Phi) is 5.98. The molecule has 3 aliphatic rings. The molecular weight excluding hydrogens is 443 g/mol. The number of rotatable bonds is 5. The molecular formula is C23H25F5N4O. The first-order valence-corrected chi connectivity index (χ1v) is 11.2. The van der Waals surface area contributed by atoms with Crippen molar-refractivity contribution >= 4 is 5.82 Å². The minimum atomic E-state index is -2.76. The maximum Gasteiger partial charge on any atom is 0.275 e. The van der Waals surface area contributed by atoms with Crippen LogP contribution in [0.1, 0.15) is 19.3 Å². The maximum atomic E-state index is 14.1. The first-order valence-electron chi connectivity index (χ1n) is 11.2. The normalized spacial score (nSPS) is 29.2. The number of nitrogens with zero attached hydrogens (tertiary/aromatic N) is 3. The molecule has 3 heterocycles. The van der Waals surface area contributed by atoms with Crippen LogP contribution in [0.2, 0.25) is 0 Å². The highest BCUT2D eigenvalue weighted by Gasteiger charge is 2.46. The van der Waals surface area contributed by atoms with Gasteiger partial charge in [0.25, 0.3) is 5.92 Å². The van der Waals surface area contributed by atoms with Crippen LogP contribution in [0.3, 0.4) is 0 Å². The summed E-state index contributed by atoms with van der Waals surface area (Å²) in [5.74, 6) is -5.37.